The Kier molecular flexibility index (Phi) is 3.66. The van der Waals surface area contributed by atoms with Gasteiger partial charge in [-0.25, -0.2) is 4.39 Å². The fourth-order valence-electron chi connectivity index (χ4n) is 2.97. The molecule has 108 valence electrons. The lowest BCUT2D eigenvalue weighted by molar-refractivity contribution is 0.414. The summed E-state index contributed by atoms with van der Waals surface area (Å²) in [6.45, 7) is 3.01. The van der Waals surface area contributed by atoms with Gasteiger partial charge in [0, 0.05) is 36.9 Å². The van der Waals surface area contributed by atoms with Crippen LogP contribution in [-0.2, 0) is 6.42 Å². The van der Waals surface area contributed by atoms with Gasteiger partial charge in [0.15, 0.2) is 0 Å². The van der Waals surface area contributed by atoms with E-state index < -0.39 is 0 Å². The standard InChI is InChI=1S/C16H22FN3/c1-19(2)8-5-12-11-18-15-10-13(9-14(17)16(12)15)20-6-3-4-7-20/h9-11,18H,3-8H2,1-2H3. The number of likely N-dealkylation sites (N-methyl/N-ethyl adjacent to an activating group) is 1. The van der Waals surface area contributed by atoms with Crippen molar-refractivity contribution >= 4 is 16.6 Å². The molecule has 2 heterocycles. The number of aromatic amines is 1. The van der Waals surface area contributed by atoms with E-state index in [0.717, 1.165) is 48.2 Å². The molecule has 0 amide bonds. The zero-order valence-corrected chi connectivity index (χ0v) is 12.2. The fourth-order valence-corrected chi connectivity index (χ4v) is 2.97. The first-order valence-corrected chi connectivity index (χ1v) is 7.34. The number of rotatable bonds is 4. The number of aromatic nitrogens is 1. The van der Waals surface area contributed by atoms with Gasteiger partial charge < -0.3 is 14.8 Å². The SMILES string of the molecule is CN(C)CCc1c[nH]c2cc(N3CCCC3)cc(F)c12. The van der Waals surface area contributed by atoms with E-state index in [1.165, 1.54) is 12.8 Å². The van der Waals surface area contributed by atoms with Crippen LogP contribution in [0.2, 0.25) is 0 Å². The first kappa shape index (κ1) is 13.4. The van der Waals surface area contributed by atoms with Crippen LogP contribution in [0.3, 0.4) is 0 Å². The van der Waals surface area contributed by atoms with E-state index in [2.05, 4.69) is 20.9 Å². The van der Waals surface area contributed by atoms with Crippen LogP contribution < -0.4 is 4.90 Å². The van der Waals surface area contributed by atoms with Crippen LogP contribution >= 0.6 is 0 Å². The minimum atomic E-state index is -0.0978. The van der Waals surface area contributed by atoms with E-state index in [1.54, 1.807) is 6.07 Å². The van der Waals surface area contributed by atoms with Crippen molar-refractivity contribution in [3.63, 3.8) is 0 Å². The van der Waals surface area contributed by atoms with Gasteiger partial charge in [0.25, 0.3) is 0 Å². The highest BCUT2D eigenvalue weighted by Crippen LogP contribution is 2.29. The molecule has 20 heavy (non-hydrogen) atoms. The molecule has 0 aliphatic carbocycles. The van der Waals surface area contributed by atoms with Gasteiger partial charge in [-0.15, -0.1) is 0 Å². The Balaban J connectivity index is 1.93. The minimum Gasteiger partial charge on any atom is -0.371 e. The topological polar surface area (TPSA) is 22.3 Å². The van der Waals surface area contributed by atoms with Crippen LogP contribution in [0.25, 0.3) is 10.9 Å². The number of benzene rings is 1. The number of hydrogen-bond donors (Lipinski definition) is 1. The van der Waals surface area contributed by atoms with Gasteiger partial charge in [-0.3, -0.25) is 0 Å². The molecule has 1 aromatic heterocycles. The Morgan fingerprint density at radius 2 is 2.00 bits per heavy atom. The van der Waals surface area contributed by atoms with Crippen molar-refractivity contribution in [3.8, 4) is 0 Å². The maximum atomic E-state index is 14.5. The quantitative estimate of drug-likeness (QED) is 0.926. The molecule has 1 aliphatic heterocycles. The van der Waals surface area contributed by atoms with Crippen LogP contribution in [0.5, 0.6) is 0 Å². The highest BCUT2D eigenvalue weighted by molar-refractivity contribution is 5.87. The molecule has 2 aromatic rings. The molecule has 0 unspecified atom stereocenters. The summed E-state index contributed by atoms with van der Waals surface area (Å²) in [5.41, 5.74) is 2.99. The van der Waals surface area contributed by atoms with Gasteiger partial charge in [0.2, 0.25) is 0 Å². The first-order chi connectivity index (χ1) is 9.65. The van der Waals surface area contributed by atoms with Gasteiger partial charge >= 0.3 is 0 Å². The summed E-state index contributed by atoms with van der Waals surface area (Å²) >= 11 is 0. The van der Waals surface area contributed by atoms with Crippen LogP contribution in [0.1, 0.15) is 18.4 Å². The van der Waals surface area contributed by atoms with E-state index in [4.69, 9.17) is 0 Å². The van der Waals surface area contributed by atoms with Gasteiger partial charge in [-0.2, -0.15) is 0 Å². The van der Waals surface area contributed by atoms with Gasteiger partial charge in [-0.1, -0.05) is 0 Å². The van der Waals surface area contributed by atoms with Crippen molar-refractivity contribution in [2.45, 2.75) is 19.3 Å². The second-order valence-electron chi connectivity index (χ2n) is 5.91. The molecule has 0 atom stereocenters. The molecule has 1 fully saturated rings. The third-order valence-electron chi connectivity index (χ3n) is 4.10. The third-order valence-corrected chi connectivity index (χ3v) is 4.10. The van der Waals surface area contributed by atoms with Crippen LogP contribution in [0, 0.1) is 5.82 Å². The van der Waals surface area contributed by atoms with Crippen LogP contribution in [-0.4, -0.2) is 43.6 Å². The summed E-state index contributed by atoms with van der Waals surface area (Å²) in [6, 6.07) is 3.78. The minimum absolute atomic E-state index is 0.0978. The molecule has 1 saturated heterocycles. The third kappa shape index (κ3) is 2.52. The zero-order valence-electron chi connectivity index (χ0n) is 12.2. The van der Waals surface area contributed by atoms with E-state index in [0.29, 0.717) is 0 Å². The van der Waals surface area contributed by atoms with Gasteiger partial charge in [0.05, 0.1) is 5.52 Å². The number of fused-ring (bicyclic) bond motifs is 1. The van der Waals surface area contributed by atoms with E-state index in [9.17, 15) is 4.39 Å². The van der Waals surface area contributed by atoms with Crippen LogP contribution in [0.15, 0.2) is 18.3 Å². The molecule has 1 aromatic carbocycles. The molecule has 3 nitrogen and oxygen atoms in total. The molecule has 0 radical (unpaired) electrons. The normalized spacial score (nSPS) is 15.7. The summed E-state index contributed by atoms with van der Waals surface area (Å²) in [7, 11) is 4.08. The Morgan fingerprint density at radius 1 is 1.25 bits per heavy atom. The van der Waals surface area contributed by atoms with E-state index in [1.807, 2.05) is 20.3 Å². The molecule has 3 rings (SSSR count). The van der Waals surface area contributed by atoms with Crippen LogP contribution in [0.4, 0.5) is 10.1 Å². The van der Waals surface area contributed by atoms with Gasteiger partial charge in [-0.05, 0) is 51.1 Å². The van der Waals surface area contributed by atoms with Crippen molar-refractivity contribution in [1.82, 2.24) is 9.88 Å². The summed E-state index contributed by atoms with van der Waals surface area (Å²) in [5, 5.41) is 0.759. The predicted octanol–water partition coefficient (Wildman–Crippen LogP) is 3.01. The molecular formula is C16H22FN3. The van der Waals surface area contributed by atoms with Crippen molar-refractivity contribution < 1.29 is 4.39 Å². The number of nitrogens with zero attached hydrogens (tertiary/aromatic N) is 2. The number of halogens is 1. The number of H-pyrrole nitrogens is 1. The number of nitrogens with one attached hydrogen (secondary N) is 1. The summed E-state index contributed by atoms with van der Waals surface area (Å²) < 4.78 is 14.5. The maximum Gasteiger partial charge on any atom is 0.134 e. The van der Waals surface area contributed by atoms with Crippen molar-refractivity contribution in [2.75, 3.05) is 38.6 Å². The first-order valence-electron chi connectivity index (χ1n) is 7.34. The smallest absolute Gasteiger partial charge is 0.134 e. The second kappa shape index (κ2) is 5.44. The highest BCUT2D eigenvalue weighted by atomic mass is 19.1. The Morgan fingerprint density at radius 3 is 2.70 bits per heavy atom. The maximum absolute atomic E-state index is 14.5. The van der Waals surface area contributed by atoms with Crippen molar-refractivity contribution in [2.24, 2.45) is 0 Å². The average Bonchev–Trinajstić information content (AvgIpc) is 3.05. The lowest BCUT2D eigenvalue weighted by atomic mass is 10.1. The predicted molar refractivity (Wildman–Crippen MR) is 82.0 cm³/mol. The molecule has 4 heteroatoms. The van der Waals surface area contributed by atoms with E-state index in [-0.39, 0.29) is 5.82 Å². The van der Waals surface area contributed by atoms with E-state index >= 15 is 0 Å². The largest absolute Gasteiger partial charge is 0.371 e. The lowest BCUT2D eigenvalue weighted by Crippen LogP contribution is -2.17. The average molecular weight is 275 g/mol. The zero-order chi connectivity index (χ0) is 14.1. The summed E-state index contributed by atoms with van der Waals surface area (Å²) in [4.78, 5) is 7.62. The molecule has 1 aliphatic rings. The summed E-state index contributed by atoms with van der Waals surface area (Å²) in [5.74, 6) is -0.0978. The van der Waals surface area contributed by atoms with Gasteiger partial charge in [0.1, 0.15) is 5.82 Å². The van der Waals surface area contributed by atoms with Crippen molar-refractivity contribution in [3.05, 3.63) is 29.7 Å². The lowest BCUT2D eigenvalue weighted by Gasteiger charge is -2.18. The number of hydrogen-bond acceptors (Lipinski definition) is 2. The molecule has 0 saturated carbocycles. The molecule has 0 bridgehead atoms. The Hall–Kier alpha value is -1.55. The monoisotopic (exact) mass is 275 g/mol. The number of anilines is 1. The molecule has 0 spiro atoms. The Labute approximate surface area is 119 Å². The molecule has 1 N–H and O–H groups in total. The van der Waals surface area contributed by atoms with Crippen molar-refractivity contribution in [1.29, 1.82) is 0 Å². The summed E-state index contributed by atoms with van der Waals surface area (Å²) in [6.07, 6.45) is 5.23. The Bertz CT molecular complexity index is 597. The fraction of sp³-hybridized carbons (Fsp3) is 0.500. The highest BCUT2D eigenvalue weighted by Gasteiger charge is 2.16. The molecular weight excluding hydrogens is 253 g/mol. The second-order valence-corrected chi connectivity index (χ2v) is 5.91.